The number of carbonyl (C=O) groups excluding carboxylic acids is 1. The fourth-order valence-corrected chi connectivity index (χ4v) is 3.29. The number of benzene rings is 2. The van der Waals surface area contributed by atoms with Crippen molar-refractivity contribution in [3.8, 4) is 5.75 Å². The van der Waals surface area contributed by atoms with Gasteiger partial charge in [-0.3, -0.25) is 9.69 Å². The van der Waals surface area contributed by atoms with Gasteiger partial charge in [-0.05, 0) is 60.9 Å². The van der Waals surface area contributed by atoms with Crippen molar-refractivity contribution in [3.63, 3.8) is 0 Å². The van der Waals surface area contributed by atoms with E-state index in [1.807, 2.05) is 50.2 Å². The molecule has 0 fully saturated rings. The van der Waals surface area contributed by atoms with Crippen molar-refractivity contribution in [1.29, 1.82) is 0 Å². The molecule has 0 aliphatic carbocycles. The molecule has 2 aromatic carbocycles. The molecule has 0 unspecified atom stereocenters. The summed E-state index contributed by atoms with van der Waals surface area (Å²) in [6.07, 6.45) is 0.848. The van der Waals surface area contributed by atoms with E-state index in [0.29, 0.717) is 31.2 Å². The monoisotopic (exact) mass is 424 g/mol. The zero-order valence-corrected chi connectivity index (χ0v) is 18.2. The number of carbonyl (C=O) groups is 1. The first kappa shape index (κ1) is 22.6. The van der Waals surface area contributed by atoms with Gasteiger partial charge in [-0.1, -0.05) is 31.2 Å². The summed E-state index contributed by atoms with van der Waals surface area (Å²) in [7, 11) is 1.64. The van der Waals surface area contributed by atoms with Gasteiger partial charge in [0.1, 0.15) is 17.3 Å². The average Bonchev–Trinajstić information content (AvgIpc) is 3.22. The van der Waals surface area contributed by atoms with Crippen LogP contribution in [0.15, 0.2) is 65.1 Å². The van der Waals surface area contributed by atoms with Gasteiger partial charge < -0.3 is 14.5 Å². The van der Waals surface area contributed by atoms with Crippen LogP contribution in [0.2, 0.25) is 0 Å². The van der Waals surface area contributed by atoms with Crippen molar-refractivity contribution in [2.45, 2.75) is 45.9 Å². The number of halogens is 1. The van der Waals surface area contributed by atoms with E-state index < -0.39 is 0 Å². The zero-order chi connectivity index (χ0) is 22.2. The highest BCUT2D eigenvalue weighted by molar-refractivity contribution is 5.91. The summed E-state index contributed by atoms with van der Waals surface area (Å²) in [6, 6.07) is 18.0. The Balaban J connectivity index is 1.76. The van der Waals surface area contributed by atoms with Crippen LogP contribution in [0.25, 0.3) is 0 Å². The number of hydrogen-bond donors (Lipinski definition) is 1. The number of hydrogen-bond acceptors (Lipinski definition) is 4. The van der Waals surface area contributed by atoms with Gasteiger partial charge in [0.25, 0.3) is 5.91 Å². The van der Waals surface area contributed by atoms with E-state index >= 15 is 0 Å². The first-order chi connectivity index (χ1) is 15.0. The smallest absolute Gasteiger partial charge is 0.287 e. The summed E-state index contributed by atoms with van der Waals surface area (Å²) in [6.45, 7) is 5.59. The Morgan fingerprint density at radius 1 is 1.06 bits per heavy atom. The molecule has 0 aliphatic rings. The van der Waals surface area contributed by atoms with Crippen LogP contribution in [0, 0.1) is 5.82 Å². The number of methoxy groups -OCH3 is 1. The molecule has 0 spiro atoms. The normalized spacial score (nSPS) is 12.0. The van der Waals surface area contributed by atoms with Crippen molar-refractivity contribution in [1.82, 2.24) is 10.2 Å². The molecule has 31 heavy (non-hydrogen) atoms. The third kappa shape index (κ3) is 6.69. The number of nitrogens with one attached hydrogen (secondary N) is 1. The molecule has 3 aromatic rings. The highest BCUT2D eigenvalue weighted by Crippen LogP contribution is 2.19. The second-order valence-electron chi connectivity index (χ2n) is 7.68. The van der Waals surface area contributed by atoms with Crippen LogP contribution in [-0.4, -0.2) is 24.0 Å². The maximum atomic E-state index is 13.7. The second-order valence-corrected chi connectivity index (χ2v) is 7.68. The molecule has 0 saturated carbocycles. The Labute approximate surface area is 182 Å². The molecule has 5 nitrogen and oxygen atoms in total. The molecule has 6 heteroatoms. The molecule has 0 aliphatic heterocycles. The molecule has 0 bridgehead atoms. The van der Waals surface area contributed by atoms with Gasteiger partial charge in [0.15, 0.2) is 5.76 Å². The van der Waals surface area contributed by atoms with Gasteiger partial charge in [-0.2, -0.15) is 0 Å². The van der Waals surface area contributed by atoms with Gasteiger partial charge in [0.2, 0.25) is 0 Å². The lowest BCUT2D eigenvalue weighted by atomic mass is 10.1. The van der Waals surface area contributed by atoms with Crippen LogP contribution in [0.5, 0.6) is 5.75 Å². The first-order valence-corrected chi connectivity index (χ1v) is 10.5. The average molecular weight is 425 g/mol. The predicted molar refractivity (Wildman–Crippen MR) is 118 cm³/mol. The van der Waals surface area contributed by atoms with Gasteiger partial charge >= 0.3 is 0 Å². The maximum absolute atomic E-state index is 13.7. The van der Waals surface area contributed by atoms with Crippen molar-refractivity contribution >= 4 is 5.91 Å². The quantitative estimate of drug-likeness (QED) is 0.489. The fourth-order valence-electron chi connectivity index (χ4n) is 3.29. The molecule has 1 heterocycles. The second kappa shape index (κ2) is 10.8. The number of furan rings is 1. The molecule has 3 rings (SSSR count). The lowest BCUT2D eigenvalue weighted by Gasteiger charge is -2.22. The Morgan fingerprint density at radius 2 is 1.77 bits per heavy atom. The molecule has 1 atom stereocenters. The third-order valence-electron chi connectivity index (χ3n) is 5.09. The van der Waals surface area contributed by atoms with Crippen LogP contribution in [0.4, 0.5) is 4.39 Å². The summed E-state index contributed by atoms with van der Waals surface area (Å²) in [5.41, 5.74) is 1.93. The molecule has 164 valence electrons. The van der Waals surface area contributed by atoms with E-state index in [1.54, 1.807) is 19.2 Å². The fraction of sp³-hybridized carbons (Fsp3) is 0.320. The van der Waals surface area contributed by atoms with Gasteiger partial charge in [-0.25, -0.2) is 4.39 Å². The molecule has 1 N–H and O–H groups in total. The van der Waals surface area contributed by atoms with Crippen LogP contribution >= 0.6 is 0 Å². The molecular formula is C25H29FN2O3. The van der Waals surface area contributed by atoms with Crippen molar-refractivity contribution in [2.24, 2.45) is 0 Å². The van der Waals surface area contributed by atoms with Gasteiger partial charge in [-0.15, -0.1) is 0 Å². The number of amides is 1. The highest BCUT2D eigenvalue weighted by atomic mass is 19.1. The van der Waals surface area contributed by atoms with Crippen LogP contribution in [0.1, 0.15) is 47.7 Å². The third-order valence-corrected chi connectivity index (χ3v) is 5.09. The highest BCUT2D eigenvalue weighted by Gasteiger charge is 2.16. The summed E-state index contributed by atoms with van der Waals surface area (Å²) < 4.78 is 24.8. The SMILES string of the molecule is CC[C@@H](C)NC(=O)c1ccc(CN(Cc2cccc(F)c2)Cc2cccc(OC)c2)o1. The Morgan fingerprint density at radius 3 is 2.45 bits per heavy atom. The maximum Gasteiger partial charge on any atom is 0.287 e. The summed E-state index contributed by atoms with van der Waals surface area (Å²) in [5, 5.41) is 2.91. The number of rotatable bonds is 10. The molecule has 0 radical (unpaired) electrons. The Hall–Kier alpha value is -3.12. The van der Waals surface area contributed by atoms with E-state index in [-0.39, 0.29) is 17.8 Å². The van der Waals surface area contributed by atoms with E-state index in [4.69, 9.17) is 9.15 Å². The Bertz CT molecular complexity index is 1000. The molecule has 1 amide bonds. The summed E-state index contributed by atoms with van der Waals surface area (Å²) in [5.74, 6) is 1.27. The minimum atomic E-state index is -0.263. The largest absolute Gasteiger partial charge is 0.497 e. The lowest BCUT2D eigenvalue weighted by Crippen LogP contribution is -2.31. The van der Waals surface area contributed by atoms with Gasteiger partial charge in [0.05, 0.1) is 13.7 Å². The van der Waals surface area contributed by atoms with Crippen molar-refractivity contribution in [3.05, 3.63) is 89.1 Å². The van der Waals surface area contributed by atoms with Crippen LogP contribution in [0.3, 0.4) is 0 Å². The number of ether oxygens (including phenoxy) is 1. The lowest BCUT2D eigenvalue weighted by molar-refractivity contribution is 0.0906. The van der Waals surface area contributed by atoms with E-state index in [9.17, 15) is 9.18 Å². The summed E-state index contributed by atoms with van der Waals surface area (Å²) in [4.78, 5) is 14.5. The predicted octanol–water partition coefficient (Wildman–Crippen LogP) is 5.16. The summed E-state index contributed by atoms with van der Waals surface area (Å²) >= 11 is 0. The minimum absolute atomic E-state index is 0.0820. The molecular weight excluding hydrogens is 395 g/mol. The zero-order valence-electron chi connectivity index (χ0n) is 18.2. The topological polar surface area (TPSA) is 54.7 Å². The van der Waals surface area contributed by atoms with E-state index in [1.165, 1.54) is 12.1 Å². The van der Waals surface area contributed by atoms with Gasteiger partial charge in [0, 0.05) is 19.1 Å². The van der Waals surface area contributed by atoms with Crippen LogP contribution < -0.4 is 10.1 Å². The van der Waals surface area contributed by atoms with E-state index in [0.717, 1.165) is 23.3 Å². The van der Waals surface area contributed by atoms with E-state index in [2.05, 4.69) is 10.2 Å². The standard InChI is InChI=1S/C25H29FN2O3/c1-4-18(2)27-25(29)24-12-11-23(31-24)17-28(15-19-7-5-9-21(26)13-19)16-20-8-6-10-22(14-20)30-3/h5-14,18H,4,15-17H2,1-3H3,(H,27,29)/t18-/m1/s1. The Kier molecular flexibility index (Phi) is 7.84. The minimum Gasteiger partial charge on any atom is -0.497 e. The first-order valence-electron chi connectivity index (χ1n) is 10.5. The molecule has 0 saturated heterocycles. The van der Waals surface area contributed by atoms with Crippen molar-refractivity contribution in [2.75, 3.05) is 7.11 Å². The van der Waals surface area contributed by atoms with Crippen molar-refractivity contribution < 1.29 is 18.3 Å². The number of nitrogens with zero attached hydrogens (tertiary/aromatic N) is 1. The van der Waals surface area contributed by atoms with Crippen LogP contribution in [-0.2, 0) is 19.6 Å². The molecule has 1 aromatic heterocycles.